The number of hydrogen-bond donors (Lipinski definition) is 2. The molecule has 102 valence electrons. The minimum atomic E-state index is -1.07. The fraction of sp³-hybridized carbons (Fsp3) is 0.429. The van der Waals surface area contributed by atoms with Gasteiger partial charge in [0.2, 0.25) is 5.91 Å². The van der Waals surface area contributed by atoms with Gasteiger partial charge in [-0.25, -0.2) is 4.79 Å². The number of nitrogens with one attached hydrogen (secondary N) is 1. The highest BCUT2D eigenvalue weighted by molar-refractivity contribution is 6.30. The summed E-state index contributed by atoms with van der Waals surface area (Å²) in [5.74, 6) is -1.37. The van der Waals surface area contributed by atoms with Gasteiger partial charge < -0.3 is 10.4 Å². The third-order valence-electron chi connectivity index (χ3n) is 3.57. The third kappa shape index (κ3) is 3.07. The molecule has 1 fully saturated rings. The number of benzene rings is 1. The van der Waals surface area contributed by atoms with Crippen molar-refractivity contribution in [1.29, 1.82) is 0 Å². The Balaban J connectivity index is 2.11. The molecule has 0 heterocycles. The van der Waals surface area contributed by atoms with Gasteiger partial charge in [-0.3, -0.25) is 4.79 Å². The maximum absolute atomic E-state index is 12.0. The standard InChI is InChI=1S/C14H16ClNO3/c1-14(2)7-10(14)12(17)16-11(13(18)19)8-3-5-9(15)6-4-8/h3-6,10-11H,7H2,1-2H3,(H,16,17)(H,18,19)/t10-,11?/m1/s1. The van der Waals surface area contributed by atoms with Crippen molar-refractivity contribution < 1.29 is 14.7 Å². The first kappa shape index (κ1) is 13.9. The molecule has 4 nitrogen and oxygen atoms in total. The zero-order valence-electron chi connectivity index (χ0n) is 10.8. The molecule has 0 spiro atoms. The molecule has 0 saturated heterocycles. The summed E-state index contributed by atoms with van der Waals surface area (Å²) in [6.45, 7) is 3.99. The number of amides is 1. The second-order valence-corrected chi connectivity index (χ2v) is 6.01. The lowest BCUT2D eigenvalue weighted by Crippen LogP contribution is -2.35. The van der Waals surface area contributed by atoms with Crippen LogP contribution in [0.5, 0.6) is 0 Å². The van der Waals surface area contributed by atoms with Crippen LogP contribution in [0.4, 0.5) is 0 Å². The molecule has 1 aliphatic rings. The average Bonchev–Trinajstić information content (AvgIpc) is 2.96. The van der Waals surface area contributed by atoms with Crippen LogP contribution in [0.25, 0.3) is 0 Å². The summed E-state index contributed by atoms with van der Waals surface area (Å²) in [6.07, 6.45) is 0.797. The molecule has 0 bridgehead atoms. The Morgan fingerprint density at radius 3 is 2.32 bits per heavy atom. The topological polar surface area (TPSA) is 66.4 Å². The fourth-order valence-electron chi connectivity index (χ4n) is 2.10. The molecular weight excluding hydrogens is 266 g/mol. The molecular formula is C14H16ClNO3. The van der Waals surface area contributed by atoms with Crippen LogP contribution in [0.2, 0.25) is 5.02 Å². The minimum Gasteiger partial charge on any atom is -0.479 e. The summed E-state index contributed by atoms with van der Waals surface area (Å²) in [7, 11) is 0. The maximum atomic E-state index is 12.0. The van der Waals surface area contributed by atoms with Crippen LogP contribution < -0.4 is 5.32 Å². The number of halogens is 1. The van der Waals surface area contributed by atoms with Crippen molar-refractivity contribution in [3.05, 3.63) is 34.9 Å². The summed E-state index contributed by atoms with van der Waals surface area (Å²) in [5.41, 5.74) is 0.497. The average molecular weight is 282 g/mol. The number of aliphatic carboxylic acids is 1. The number of carboxylic acid groups (broad SMARTS) is 1. The Kier molecular flexibility index (Phi) is 3.54. The Morgan fingerprint density at radius 1 is 1.37 bits per heavy atom. The number of carbonyl (C=O) groups is 2. The molecule has 1 amide bonds. The minimum absolute atomic E-state index is 0.0207. The number of hydrogen-bond acceptors (Lipinski definition) is 2. The van der Waals surface area contributed by atoms with Crippen molar-refractivity contribution in [3.8, 4) is 0 Å². The van der Waals surface area contributed by atoms with E-state index in [2.05, 4.69) is 5.32 Å². The Labute approximate surface area is 116 Å². The number of carboxylic acids is 1. The number of carbonyl (C=O) groups excluding carboxylic acids is 1. The molecule has 1 aromatic carbocycles. The predicted molar refractivity (Wildman–Crippen MR) is 71.9 cm³/mol. The summed E-state index contributed by atoms with van der Waals surface area (Å²) in [5, 5.41) is 12.3. The van der Waals surface area contributed by atoms with Gasteiger partial charge in [-0.1, -0.05) is 37.6 Å². The van der Waals surface area contributed by atoms with Crippen LogP contribution in [0.15, 0.2) is 24.3 Å². The van der Waals surface area contributed by atoms with E-state index in [9.17, 15) is 14.7 Å². The van der Waals surface area contributed by atoms with Gasteiger partial charge in [0, 0.05) is 10.9 Å². The van der Waals surface area contributed by atoms with Crippen LogP contribution in [-0.4, -0.2) is 17.0 Å². The van der Waals surface area contributed by atoms with Crippen molar-refractivity contribution in [2.45, 2.75) is 26.3 Å². The van der Waals surface area contributed by atoms with E-state index in [0.29, 0.717) is 10.6 Å². The quantitative estimate of drug-likeness (QED) is 0.891. The molecule has 1 aliphatic carbocycles. The molecule has 5 heteroatoms. The summed E-state index contributed by atoms with van der Waals surface area (Å²) in [6, 6.07) is 5.42. The van der Waals surface area contributed by atoms with Crippen molar-refractivity contribution >= 4 is 23.5 Å². The molecule has 2 atom stereocenters. The van der Waals surface area contributed by atoms with Crippen LogP contribution in [0.3, 0.4) is 0 Å². The van der Waals surface area contributed by atoms with Gasteiger partial charge in [-0.15, -0.1) is 0 Å². The van der Waals surface area contributed by atoms with Crippen LogP contribution >= 0.6 is 11.6 Å². The highest BCUT2D eigenvalue weighted by Crippen LogP contribution is 2.51. The van der Waals surface area contributed by atoms with E-state index >= 15 is 0 Å². The van der Waals surface area contributed by atoms with Crippen LogP contribution in [-0.2, 0) is 9.59 Å². The first-order valence-corrected chi connectivity index (χ1v) is 6.48. The molecule has 0 aliphatic heterocycles. The summed E-state index contributed by atoms with van der Waals surface area (Å²) >= 11 is 5.76. The van der Waals surface area contributed by atoms with Gasteiger partial charge in [0.25, 0.3) is 0 Å². The van der Waals surface area contributed by atoms with Gasteiger partial charge >= 0.3 is 5.97 Å². The molecule has 0 radical (unpaired) electrons. The van der Waals surface area contributed by atoms with Crippen molar-refractivity contribution in [2.75, 3.05) is 0 Å². The van der Waals surface area contributed by atoms with Gasteiger partial charge in [-0.05, 0) is 29.5 Å². The predicted octanol–water partition coefficient (Wildman–Crippen LogP) is 2.63. The number of rotatable bonds is 4. The van der Waals surface area contributed by atoms with Crippen molar-refractivity contribution in [3.63, 3.8) is 0 Å². The molecule has 1 aromatic rings. The van der Waals surface area contributed by atoms with E-state index in [0.717, 1.165) is 6.42 Å². The van der Waals surface area contributed by atoms with Crippen LogP contribution in [0.1, 0.15) is 31.9 Å². The summed E-state index contributed by atoms with van der Waals surface area (Å²) < 4.78 is 0. The largest absolute Gasteiger partial charge is 0.479 e. The van der Waals surface area contributed by atoms with Crippen molar-refractivity contribution in [1.82, 2.24) is 5.32 Å². The maximum Gasteiger partial charge on any atom is 0.330 e. The van der Waals surface area contributed by atoms with Crippen molar-refractivity contribution in [2.24, 2.45) is 11.3 Å². The van der Waals surface area contributed by atoms with Crippen LogP contribution in [0, 0.1) is 11.3 Å². The lowest BCUT2D eigenvalue weighted by molar-refractivity contribution is -0.142. The monoisotopic (exact) mass is 281 g/mol. The Hall–Kier alpha value is -1.55. The second-order valence-electron chi connectivity index (χ2n) is 5.58. The highest BCUT2D eigenvalue weighted by Gasteiger charge is 2.51. The van der Waals surface area contributed by atoms with E-state index in [1.807, 2.05) is 13.8 Å². The lowest BCUT2D eigenvalue weighted by Gasteiger charge is -2.15. The summed E-state index contributed by atoms with van der Waals surface area (Å²) in [4.78, 5) is 23.3. The lowest BCUT2D eigenvalue weighted by atomic mass is 10.1. The van der Waals surface area contributed by atoms with E-state index in [-0.39, 0.29) is 17.2 Å². The van der Waals surface area contributed by atoms with E-state index in [1.54, 1.807) is 24.3 Å². The zero-order chi connectivity index (χ0) is 14.2. The Morgan fingerprint density at radius 2 is 1.89 bits per heavy atom. The first-order valence-electron chi connectivity index (χ1n) is 6.10. The fourth-order valence-corrected chi connectivity index (χ4v) is 2.23. The highest BCUT2D eigenvalue weighted by atomic mass is 35.5. The SMILES string of the molecule is CC1(C)C[C@@H]1C(=O)NC(C(=O)O)c1ccc(Cl)cc1. The first-order chi connectivity index (χ1) is 8.81. The third-order valence-corrected chi connectivity index (χ3v) is 3.82. The normalized spacial score (nSPS) is 21.5. The molecule has 0 aromatic heterocycles. The molecule has 2 rings (SSSR count). The smallest absolute Gasteiger partial charge is 0.330 e. The second kappa shape index (κ2) is 4.85. The van der Waals surface area contributed by atoms with Gasteiger partial charge in [-0.2, -0.15) is 0 Å². The zero-order valence-corrected chi connectivity index (χ0v) is 11.6. The molecule has 2 N–H and O–H groups in total. The van der Waals surface area contributed by atoms with Gasteiger partial charge in [0.1, 0.15) is 0 Å². The van der Waals surface area contributed by atoms with Gasteiger partial charge in [0.15, 0.2) is 6.04 Å². The molecule has 19 heavy (non-hydrogen) atoms. The van der Waals surface area contributed by atoms with Gasteiger partial charge in [0.05, 0.1) is 0 Å². The Bertz CT molecular complexity index is 510. The van der Waals surface area contributed by atoms with E-state index < -0.39 is 12.0 Å². The molecule has 1 saturated carbocycles. The van der Waals surface area contributed by atoms with E-state index in [4.69, 9.17) is 11.6 Å². The molecule has 1 unspecified atom stereocenters. The van der Waals surface area contributed by atoms with E-state index in [1.165, 1.54) is 0 Å².